The van der Waals surface area contributed by atoms with Gasteiger partial charge in [-0.25, -0.2) is 4.39 Å². The van der Waals surface area contributed by atoms with Crippen molar-refractivity contribution >= 4 is 0 Å². The second kappa shape index (κ2) is 4.99. The number of nitrogens with two attached hydrogens (primary N) is 1. The van der Waals surface area contributed by atoms with E-state index in [1.807, 2.05) is 6.92 Å². The average molecular weight is 144 g/mol. The molecule has 0 bridgehead atoms. The Bertz CT molecular complexity index is 140. The predicted molar refractivity (Wildman–Crippen MR) is 40.6 cm³/mol. The zero-order chi connectivity index (χ0) is 7.98. The van der Waals surface area contributed by atoms with Crippen LogP contribution in [0.25, 0.3) is 0 Å². The van der Waals surface area contributed by atoms with Crippen molar-refractivity contribution in [2.24, 2.45) is 5.84 Å². The van der Waals surface area contributed by atoms with Gasteiger partial charge in [-0.3, -0.25) is 5.84 Å². The van der Waals surface area contributed by atoms with Gasteiger partial charge < -0.3 is 5.43 Å². The van der Waals surface area contributed by atoms with Crippen LogP contribution in [0.1, 0.15) is 20.3 Å². The van der Waals surface area contributed by atoms with Gasteiger partial charge in [0.1, 0.15) is 0 Å². The maximum Gasteiger partial charge on any atom is 0.0969 e. The minimum absolute atomic E-state index is 0.221. The van der Waals surface area contributed by atoms with Crippen LogP contribution in [0.3, 0.4) is 0 Å². The Balaban J connectivity index is 3.99. The van der Waals surface area contributed by atoms with Gasteiger partial charge in [-0.15, -0.1) is 0 Å². The Labute approximate surface area is 60.6 Å². The summed E-state index contributed by atoms with van der Waals surface area (Å²) in [4.78, 5) is 0. The van der Waals surface area contributed by atoms with Gasteiger partial charge in [0.2, 0.25) is 0 Å². The third kappa shape index (κ3) is 4.09. The highest BCUT2D eigenvalue weighted by Crippen LogP contribution is 1.98. The summed E-state index contributed by atoms with van der Waals surface area (Å²) in [6.45, 7) is 3.33. The summed E-state index contributed by atoms with van der Waals surface area (Å²) in [7, 11) is 0. The van der Waals surface area contributed by atoms with Gasteiger partial charge in [0.25, 0.3) is 0 Å². The molecule has 0 saturated heterocycles. The van der Waals surface area contributed by atoms with Crippen LogP contribution in [-0.4, -0.2) is 0 Å². The topological polar surface area (TPSA) is 38.0 Å². The van der Waals surface area contributed by atoms with E-state index in [4.69, 9.17) is 5.84 Å². The number of nitrogens with one attached hydrogen (secondary N) is 1. The highest BCUT2D eigenvalue weighted by atomic mass is 19.1. The molecule has 58 valence electrons. The molecule has 0 aromatic carbocycles. The molecule has 10 heavy (non-hydrogen) atoms. The van der Waals surface area contributed by atoms with E-state index in [2.05, 4.69) is 5.43 Å². The molecule has 0 atom stereocenters. The van der Waals surface area contributed by atoms with Gasteiger partial charge in [0, 0.05) is 5.70 Å². The number of halogens is 1. The largest absolute Gasteiger partial charge is 0.328 e. The molecule has 0 aromatic heterocycles. The second-order valence-corrected chi connectivity index (χ2v) is 1.94. The molecule has 0 aliphatic carbocycles. The lowest BCUT2D eigenvalue weighted by Crippen LogP contribution is -2.20. The lowest BCUT2D eigenvalue weighted by Gasteiger charge is -1.98. The van der Waals surface area contributed by atoms with Crippen LogP contribution in [0.15, 0.2) is 23.7 Å². The predicted octanol–water partition coefficient (Wildman–Crippen LogP) is 1.62. The van der Waals surface area contributed by atoms with Gasteiger partial charge >= 0.3 is 0 Å². The van der Waals surface area contributed by atoms with Crippen LogP contribution in [0.4, 0.5) is 4.39 Å². The standard InChI is InChI=1S/C7H13FN2/c1-3-7(10-9)5-4-6(2)8/h4-5,10H,3,9H2,1-2H3/b6-4+,7-5+. The van der Waals surface area contributed by atoms with Crippen LogP contribution < -0.4 is 11.3 Å². The van der Waals surface area contributed by atoms with Crippen molar-refractivity contribution in [2.75, 3.05) is 0 Å². The van der Waals surface area contributed by atoms with Gasteiger partial charge in [0.05, 0.1) is 5.83 Å². The molecule has 2 nitrogen and oxygen atoms in total. The SMILES string of the molecule is CC/C(=C\C=C(/C)F)NN. The minimum atomic E-state index is -0.221. The van der Waals surface area contributed by atoms with Gasteiger partial charge in [-0.05, 0) is 25.5 Å². The molecule has 0 fully saturated rings. The molecular formula is C7H13FN2. The van der Waals surface area contributed by atoms with E-state index in [1.165, 1.54) is 13.0 Å². The van der Waals surface area contributed by atoms with E-state index in [-0.39, 0.29) is 5.83 Å². The Morgan fingerprint density at radius 2 is 2.20 bits per heavy atom. The first-order valence-electron chi connectivity index (χ1n) is 3.20. The molecule has 0 aliphatic rings. The summed E-state index contributed by atoms with van der Waals surface area (Å²) in [6.07, 6.45) is 3.77. The van der Waals surface area contributed by atoms with Gasteiger partial charge in [-0.2, -0.15) is 0 Å². The van der Waals surface area contributed by atoms with Crippen molar-refractivity contribution in [3.63, 3.8) is 0 Å². The molecule has 3 heteroatoms. The average Bonchev–Trinajstić information content (AvgIpc) is 1.90. The molecule has 0 spiro atoms. The molecule has 3 N–H and O–H groups in total. The summed E-state index contributed by atoms with van der Waals surface area (Å²) < 4.78 is 12.1. The Morgan fingerprint density at radius 3 is 2.50 bits per heavy atom. The van der Waals surface area contributed by atoms with Crippen LogP contribution in [-0.2, 0) is 0 Å². The summed E-state index contributed by atoms with van der Waals surface area (Å²) in [6, 6.07) is 0. The fraction of sp³-hybridized carbons (Fsp3) is 0.429. The van der Waals surface area contributed by atoms with E-state index < -0.39 is 0 Å². The second-order valence-electron chi connectivity index (χ2n) is 1.94. The Hall–Kier alpha value is -0.830. The van der Waals surface area contributed by atoms with Gasteiger partial charge in [0.15, 0.2) is 0 Å². The van der Waals surface area contributed by atoms with Crippen molar-refractivity contribution in [1.82, 2.24) is 5.43 Å². The molecule has 0 rings (SSSR count). The number of hydrazine groups is 1. The molecular weight excluding hydrogens is 131 g/mol. The van der Waals surface area contributed by atoms with Crippen LogP contribution in [0, 0.1) is 0 Å². The fourth-order valence-electron chi connectivity index (χ4n) is 0.483. The molecule has 0 saturated carbocycles. The number of hydrogen-bond donors (Lipinski definition) is 2. The number of allylic oxidation sites excluding steroid dienone is 4. The van der Waals surface area contributed by atoms with E-state index >= 15 is 0 Å². The Kier molecular flexibility index (Phi) is 4.58. The van der Waals surface area contributed by atoms with E-state index in [0.29, 0.717) is 0 Å². The molecule has 0 aliphatic heterocycles. The maximum atomic E-state index is 12.1. The highest BCUT2D eigenvalue weighted by Gasteiger charge is 1.85. The zero-order valence-corrected chi connectivity index (χ0v) is 6.32. The number of rotatable bonds is 3. The normalized spacial score (nSPS) is 13.6. The minimum Gasteiger partial charge on any atom is -0.328 e. The first-order valence-corrected chi connectivity index (χ1v) is 3.20. The lowest BCUT2D eigenvalue weighted by molar-refractivity contribution is 0.640. The smallest absolute Gasteiger partial charge is 0.0969 e. The third-order valence-corrected chi connectivity index (χ3v) is 1.08. The molecule has 0 heterocycles. The van der Waals surface area contributed by atoms with Crippen LogP contribution in [0.5, 0.6) is 0 Å². The highest BCUT2D eigenvalue weighted by molar-refractivity contribution is 5.11. The number of hydrogen-bond acceptors (Lipinski definition) is 2. The van der Waals surface area contributed by atoms with Gasteiger partial charge in [-0.1, -0.05) is 6.92 Å². The van der Waals surface area contributed by atoms with Crippen molar-refractivity contribution in [2.45, 2.75) is 20.3 Å². The molecule has 0 aromatic rings. The fourth-order valence-corrected chi connectivity index (χ4v) is 0.483. The molecule has 0 amide bonds. The summed E-state index contributed by atoms with van der Waals surface area (Å²) in [5.41, 5.74) is 3.27. The van der Waals surface area contributed by atoms with Crippen molar-refractivity contribution in [3.8, 4) is 0 Å². The van der Waals surface area contributed by atoms with Crippen LogP contribution in [0.2, 0.25) is 0 Å². The first-order chi connectivity index (χ1) is 4.70. The van der Waals surface area contributed by atoms with E-state index in [9.17, 15) is 4.39 Å². The third-order valence-electron chi connectivity index (χ3n) is 1.08. The lowest BCUT2D eigenvalue weighted by atomic mass is 10.3. The summed E-state index contributed by atoms with van der Waals surface area (Å²) >= 11 is 0. The maximum absolute atomic E-state index is 12.1. The van der Waals surface area contributed by atoms with E-state index in [1.54, 1.807) is 6.08 Å². The van der Waals surface area contributed by atoms with E-state index in [0.717, 1.165) is 12.1 Å². The quantitative estimate of drug-likeness (QED) is 0.359. The monoisotopic (exact) mass is 144 g/mol. The van der Waals surface area contributed by atoms with Crippen molar-refractivity contribution in [3.05, 3.63) is 23.7 Å². The summed E-state index contributed by atoms with van der Waals surface area (Å²) in [5, 5.41) is 0. The first kappa shape index (κ1) is 9.17. The Morgan fingerprint density at radius 1 is 1.60 bits per heavy atom. The van der Waals surface area contributed by atoms with Crippen molar-refractivity contribution in [1.29, 1.82) is 0 Å². The summed E-state index contributed by atoms with van der Waals surface area (Å²) in [5.74, 6) is 4.88. The zero-order valence-electron chi connectivity index (χ0n) is 6.32. The van der Waals surface area contributed by atoms with Crippen molar-refractivity contribution < 1.29 is 4.39 Å². The van der Waals surface area contributed by atoms with Crippen LogP contribution >= 0.6 is 0 Å². The molecule has 0 radical (unpaired) electrons. The molecule has 0 unspecified atom stereocenters.